The minimum Gasteiger partial charge on any atom is -0.480 e. The lowest BCUT2D eigenvalue weighted by atomic mass is 9.89. The molecule has 0 aliphatic carbocycles. The minimum atomic E-state index is -1.52. The van der Waals surface area contributed by atoms with Gasteiger partial charge in [0.2, 0.25) is 11.8 Å². The number of rotatable bonds is 8. The first-order chi connectivity index (χ1) is 18.6. The van der Waals surface area contributed by atoms with E-state index in [4.69, 9.17) is 0 Å². The van der Waals surface area contributed by atoms with Crippen molar-refractivity contribution in [3.63, 3.8) is 0 Å². The number of carboxylic acids is 1. The number of para-hydroxylation sites is 1. The molecule has 1 aromatic heterocycles. The molecular formula is C29H32N4O6. The fourth-order valence-electron chi connectivity index (χ4n) is 5.75. The molecule has 0 radical (unpaired) electrons. The first-order valence-electron chi connectivity index (χ1n) is 13.1. The number of benzene rings is 2. The smallest absolute Gasteiger partial charge is 0.328 e. The fourth-order valence-corrected chi connectivity index (χ4v) is 5.75. The lowest BCUT2D eigenvalue weighted by Crippen LogP contribution is -2.59. The molecule has 0 unspecified atom stereocenters. The van der Waals surface area contributed by atoms with Gasteiger partial charge in [0.05, 0.1) is 12.1 Å². The molecule has 10 heteroatoms. The van der Waals surface area contributed by atoms with Gasteiger partial charge in [-0.05, 0) is 42.5 Å². The number of carboxylic acid groups (broad SMARTS) is 1. The number of aliphatic hydroxyl groups is 1. The van der Waals surface area contributed by atoms with Crippen molar-refractivity contribution in [2.75, 3.05) is 0 Å². The summed E-state index contributed by atoms with van der Waals surface area (Å²) in [5.74, 6) is -2.85. The molecule has 0 fully saturated rings. The van der Waals surface area contributed by atoms with Gasteiger partial charge in [-0.3, -0.25) is 14.4 Å². The van der Waals surface area contributed by atoms with Gasteiger partial charge in [0.1, 0.15) is 12.1 Å². The molecule has 0 saturated heterocycles. The Labute approximate surface area is 225 Å². The van der Waals surface area contributed by atoms with Crippen LogP contribution in [0.5, 0.6) is 0 Å². The maximum Gasteiger partial charge on any atom is 0.328 e. The van der Waals surface area contributed by atoms with Gasteiger partial charge in [0.15, 0.2) is 6.04 Å². The van der Waals surface area contributed by atoms with E-state index in [1.54, 1.807) is 17.0 Å². The van der Waals surface area contributed by atoms with E-state index in [0.717, 1.165) is 27.7 Å². The molecule has 2 aromatic carbocycles. The summed E-state index contributed by atoms with van der Waals surface area (Å²) in [6.07, 6.45) is -0.836. The molecule has 2 aliphatic rings. The first-order valence-corrected chi connectivity index (χ1v) is 13.1. The molecule has 3 aromatic rings. The highest BCUT2D eigenvalue weighted by Crippen LogP contribution is 2.46. The number of aliphatic carboxylic acids is 1. The van der Waals surface area contributed by atoms with Crippen LogP contribution in [0.4, 0.5) is 0 Å². The molecule has 0 bridgehead atoms. The predicted molar refractivity (Wildman–Crippen MR) is 143 cm³/mol. The minimum absolute atomic E-state index is 0.00660. The number of aromatic nitrogens is 1. The number of carbonyl (C=O) groups is 4. The maximum atomic E-state index is 13.9. The summed E-state index contributed by atoms with van der Waals surface area (Å²) in [5, 5.41) is 25.4. The Morgan fingerprint density at radius 2 is 1.74 bits per heavy atom. The monoisotopic (exact) mass is 532 g/mol. The van der Waals surface area contributed by atoms with Gasteiger partial charge in [-0.25, -0.2) is 4.79 Å². The van der Waals surface area contributed by atoms with Crippen LogP contribution in [0.15, 0.2) is 48.5 Å². The maximum absolute atomic E-state index is 13.9. The van der Waals surface area contributed by atoms with Crippen LogP contribution in [0.1, 0.15) is 60.4 Å². The zero-order valence-electron chi connectivity index (χ0n) is 22.0. The first kappa shape index (κ1) is 26.4. The quantitative estimate of drug-likeness (QED) is 0.300. The highest BCUT2D eigenvalue weighted by atomic mass is 16.4. The van der Waals surface area contributed by atoms with Crippen molar-refractivity contribution in [3.05, 3.63) is 70.9 Å². The molecule has 3 amide bonds. The van der Waals surface area contributed by atoms with Gasteiger partial charge in [-0.15, -0.1) is 0 Å². The Balaban J connectivity index is 1.50. The third-order valence-electron chi connectivity index (χ3n) is 7.54. The largest absolute Gasteiger partial charge is 0.480 e. The van der Waals surface area contributed by atoms with E-state index in [2.05, 4.69) is 15.6 Å². The zero-order valence-corrected chi connectivity index (χ0v) is 22.0. The standard InChI is InChI=1S/C29H32N4O6/c1-14(2)12-21(26(35)32-23(15(3)34)29(38)39)31-27(36)22-13-19-16-8-6-7-11-20(16)30-24(19)25-17-9-4-5-10-18(17)28(37)33(22)25/h4-11,14-15,21-23,25,30,34H,12-13H2,1-3H3,(H,31,36)(H,32,35)(H,38,39)/t15-,21+,22+,23+,25+/m1/s1. The molecule has 204 valence electrons. The third-order valence-corrected chi connectivity index (χ3v) is 7.54. The number of nitrogens with one attached hydrogen (secondary N) is 3. The number of nitrogens with zero attached hydrogens (tertiary/aromatic N) is 1. The van der Waals surface area contributed by atoms with E-state index in [1.807, 2.05) is 50.2 Å². The summed E-state index contributed by atoms with van der Waals surface area (Å²) in [5.41, 5.74) is 4.07. The summed E-state index contributed by atoms with van der Waals surface area (Å²) >= 11 is 0. The second-order valence-corrected chi connectivity index (χ2v) is 10.7. The predicted octanol–water partition coefficient (Wildman–Crippen LogP) is 2.12. The van der Waals surface area contributed by atoms with Crippen LogP contribution in [0.3, 0.4) is 0 Å². The Hall–Kier alpha value is -4.18. The second-order valence-electron chi connectivity index (χ2n) is 10.7. The zero-order chi connectivity index (χ0) is 28.0. The third kappa shape index (κ3) is 4.65. The van der Waals surface area contributed by atoms with Crippen molar-refractivity contribution < 1.29 is 29.4 Å². The van der Waals surface area contributed by atoms with Gasteiger partial charge in [-0.1, -0.05) is 50.2 Å². The van der Waals surface area contributed by atoms with Crippen molar-refractivity contribution in [1.82, 2.24) is 20.5 Å². The van der Waals surface area contributed by atoms with Crippen molar-refractivity contribution >= 4 is 34.6 Å². The summed E-state index contributed by atoms with van der Waals surface area (Å²) < 4.78 is 0. The van der Waals surface area contributed by atoms with Crippen LogP contribution < -0.4 is 10.6 Å². The topological polar surface area (TPSA) is 152 Å². The second kappa shape index (κ2) is 10.2. The summed E-state index contributed by atoms with van der Waals surface area (Å²) in [7, 11) is 0. The lowest BCUT2D eigenvalue weighted by Gasteiger charge is -2.38. The summed E-state index contributed by atoms with van der Waals surface area (Å²) in [6.45, 7) is 5.03. The van der Waals surface area contributed by atoms with Crippen molar-refractivity contribution in [1.29, 1.82) is 0 Å². The van der Waals surface area contributed by atoms with Gasteiger partial charge < -0.3 is 30.7 Å². The van der Waals surface area contributed by atoms with Crippen LogP contribution in [0.25, 0.3) is 10.9 Å². The van der Waals surface area contributed by atoms with Crippen molar-refractivity contribution in [2.24, 2.45) is 5.92 Å². The molecule has 0 spiro atoms. The normalized spacial score (nSPS) is 20.1. The van der Waals surface area contributed by atoms with Crippen molar-refractivity contribution in [3.8, 4) is 0 Å². The lowest BCUT2D eigenvalue weighted by molar-refractivity contribution is -0.145. The van der Waals surface area contributed by atoms with E-state index >= 15 is 0 Å². The number of aromatic amines is 1. The van der Waals surface area contributed by atoms with Gasteiger partial charge in [0, 0.05) is 28.6 Å². The fraction of sp³-hybridized carbons (Fsp3) is 0.379. The molecule has 5 atom stereocenters. The summed E-state index contributed by atoms with van der Waals surface area (Å²) in [6, 6.07) is 11.1. The number of hydrogen-bond donors (Lipinski definition) is 5. The highest BCUT2D eigenvalue weighted by Gasteiger charge is 2.49. The van der Waals surface area contributed by atoms with Crippen LogP contribution >= 0.6 is 0 Å². The van der Waals surface area contributed by atoms with Crippen LogP contribution in [-0.4, -0.2) is 68.0 Å². The Bertz CT molecular complexity index is 1460. The van der Waals surface area contributed by atoms with E-state index in [9.17, 15) is 29.4 Å². The summed E-state index contributed by atoms with van der Waals surface area (Å²) in [4.78, 5) is 57.2. The van der Waals surface area contributed by atoms with Gasteiger partial charge in [-0.2, -0.15) is 0 Å². The number of amides is 3. The number of fused-ring (bicyclic) bond motifs is 7. The Kier molecular flexibility index (Phi) is 6.90. The van der Waals surface area contributed by atoms with Crippen LogP contribution in [0.2, 0.25) is 0 Å². The average Bonchev–Trinajstić information content (AvgIpc) is 3.41. The number of carbonyl (C=O) groups excluding carboxylic acids is 3. The van der Waals surface area contributed by atoms with Crippen LogP contribution in [0, 0.1) is 5.92 Å². The molecule has 2 aliphatic heterocycles. The van der Waals surface area contributed by atoms with Gasteiger partial charge >= 0.3 is 5.97 Å². The van der Waals surface area contributed by atoms with E-state index in [-0.39, 0.29) is 24.7 Å². The number of aliphatic hydroxyl groups excluding tert-OH is 1. The Morgan fingerprint density at radius 1 is 1.05 bits per heavy atom. The van der Waals surface area contributed by atoms with E-state index in [1.165, 1.54) is 6.92 Å². The molecule has 39 heavy (non-hydrogen) atoms. The number of hydrogen-bond acceptors (Lipinski definition) is 5. The van der Waals surface area contributed by atoms with Crippen LogP contribution in [-0.2, 0) is 20.8 Å². The SMILES string of the molecule is CC(C)C[C@H](NC(=O)[C@@H]1Cc2c([nH]c3ccccc23)[C@@H]2c3ccccc3C(=O)N21)C(=O)N[C@H](C(=O)O)[C@@H](C)O. The Morgan fingerprint density at radius 3 is 2.44 bits per heavy atom. The van der Waals surface area contributed by atoms with E-state index < -0.39 is 48.1 Å². The van der Waals surface area contributed by atoms with Crippen molar-refractivity contribution in [2.45, 2.75) is 63.9 Å². The molecule has 10 nitrogen and oxygen atoms in total. The highest BCUT2D eigenvalue weighted by molar-refractivity contribution is 6.04. The van der Waals surface area contributed by atoms with E-state index in [0.29, 0.717) is 5.56 Å². The number of H-pyrrole nitrogens is 1. The molecule has 5 rings (SSSR count). The molecular weight excluding hydrogens is 500 g/mol. The average molecular weight is 533 g/mol. The van der Waals surface area contributed by atoms with Gasteiger partial charge in [0.25, 0.3) is 5.91 Å². The molecule has 5 N–H and O–H groups in total. The molecule has 0 saturated carbocycles. The molecule has 3 heterocycles.